The van der Waals surface area contributed by atoms with Crippen molar-refractivity contribution in [3.05, 3.63) is 42.1 Å². The minimum atomic E-state index is 0.315. The fourth-order valence-corrected chi connectivity index (χ4v) is 2.64. The van der Waals surface area contributed by atoms with E-state index < -0.39 is 0 Å². The van der Waals surface area contributed by atoms with Gasteiger partial charge in [0.1, 0.15) is 5.82 Å². The van der Waals surface area contributed by atoms with E-state index in [4.69, 9.17) is 11.6 Å². The molecule has 1 unspecified atom stereocenters. The van der Waals surface area contributed by atoms with Gasteiger partial charge in [0.2, 0.25) is 5.28 Å². The first-order chi connectivity index (χ1) is 8.83. The highest BCUT2D eigenvalue weighted by atomic mass is 35.5. The Morgan fingerprint density at radius 1 is 1.28 bits per heavy atom. The molecule has 0 N–H and O–H groups in total. The Hall–Kier alpha value is -1.55. The largest absolute Gasteiger partial charge is 0.354 e. The molecule has 2 aromatic rings. The van der Waals surface area contributed by atoms with Crippen molar-refractivity contribution in [2.45, 2.75) is 18.9 Å². The summed E-state index contributed by atoms with van der Waals surface area (Å²) in [6.07, 6.45) is 8.35. The number of anilines is 1. The van der Waals surface area contributed by atoms with Crippen LogP contribution >= 0.6 is 11.6 Å². The fourth-order valence-electron chi connectivity index (χ4n) is 2.50. The molecule has 1 aliphatic heterocycles. The first-order valence-electron chi connectivity index (χ1n) is 6.19. The van der Waals surface area contributed by atoms with Crippen molar-refractivity contribution in [1.29, 1.82) is 0 Å². The van der Waals surface area contributed by atoms with Gasteiger partial charge in [0.15, 0.2) is 0 Å². The molecule has 1 fully saturated rings. The van der Waals surface area contributed by atoms with Crippen LogP contribution in [0.25, 0.3) is 0 Å². The van der Waals surface area contributed by atoms with Crippen LogP contribution in [0.1, 0.15) is 18.9 Å². The van der Waals surface area contributed by atoms with E-state index in [9.17, 15) is 0 Å². The highest BCUT2D eigenvalue weighted by Gasteiger charge is 2.21. The van der Waals surface area contributed by atoms with Gasteiger partial charge in [0.05, 0.1) is 6.04 Å². The second-order valence-corrected chi connectivity index (χ2v) is 4.89. The molecular weight excluding hydrogens is 248 g/mol. The van der Waals surface area contributed by atoms with Gasteiger partial charge in [-0.05, 0) is 42.6 Å². The monoisotopic (exact) mass is 262 g/mol. The van der Waals surface area contributed by atoms with Crippen molar-refractivity contribution in [2.24, 2.45) is 0 Å². The average molecular weight is 263 g/mol. The number of piperidine rings is 1. The van der Waals surface area contributed by atoms with Crippen molar-refractivity contribution < 1.29 is 0 Å². The van der Waals surface area contributed by atoms with E-state index in [0.717, 1.165) is 18.9 Å². The van der Waals surface area contributed by atoms with Gasteiger partial charge in [-0.3, -0.25) is 0 Å². The van der Waals surface area contributed by atoms with E-state index in [0.29, 0.717) is 11.3 Å². The van der Waals surface area contributed by atoms with Crippen LogP contribution in [0.3, 0.4) is 0 Å². The molecule has 3 heterocycles. The van der Waals surface area contributed by atoms with E-state index in [1.165, 1.54) is 12.8 Å². The Morgan fingerprint density at radius 2 is 2.11 bits per heavy atom. The zero-order valence-electron chi connectivity index (χ0n) is 10.0. The molecule has 0 saturated carbocycles. The molecule has 0 aromatic carbocycles. The molecule has 18 heavy (non-hydrogen) atoms. The number of rotatable bonds is 2. The lowest BCUT2D eigenvalue weighted by Crippen LogP contribution is -2.36. The van der Waals surface area contributed by atoms with Gasteiger partial charge < -0.3 is 9.47 Å². The lowest BCUT2D eigenvalue weighted by molar-refractivity contribution is 0.404. The highest BCUT2D eigenvalue weighted by molar-refractivity contribution is 6.28. The molecule has 0 radical (unpaired) electrons. The van der Waals surface area contributed by atoms with E-state index in [-0.39, 0.29) is 0 Å². The van der Waals surface area contributed by atoms with Crippen molar-refractivity contribution >= 4 is 17.4 Å². The summed E-state index contributed by atoms with van der Waals surface area (Å²) in [6.45, 7) is 2.01. The van der Waals surface area contributed by atoms with Crippen molar-refractivity contribution in [3.63, 3.8) is 0 Å². The standard InChI is InChI=1S/C13H15ClN4/c14-13-15-6-5-12(16-13)18-9-3-4-11(10-18)17-7-1-2-8-17/h1-2,5-8,11H,3-4,9-10H2. The maximum Gasteiger partial charge on any atom is 0.224 e. The minimum absolute atomic E-state index is 0.315. The molecule has 0 bridgehead atoms. The number of aromatic nitrogens is 3. The van der Waals surface area contributed by atoms with Gasteiger partial charge >= 0.3 is 0 Å². The maximum absolute atomic E-state index is 5.85. The van der Waals surface area contributed by atoms with E-state index in [2.05, 4.69) is 44.0 Å². The first kappa shape index (κ1) is 11.5. The van der Waals surface area contributed by atoms with Crippen molar-refractivity contribution in [2.75, 3.05) is 18.0 Å². The lowest BCUT2D eigenvalue weighted by Gasteiger charge is -2.34. The van der Waals surface area contributed by atoms with Crippen LogP contribution in [-0.4, -0.2) is 27.6 Å². The maximum atomic E-state index is 5.85. The Morgan fingerprint density at radius 3 is 2.89 bits per heavy atom. The average Bonchev–Trinajstić information content (AvgIpc) is 2.93. The number of hydrogen-bond donors (Lipinski definition) is 0. The van der Waals surface area contributed by atoms with Crippen LogP contribution in [0, 0.1) is 0 Å². The minimum Gasteiger partial charge on any atom is -0.354 e. The molecule has 1 saturated heterocycles. The molecule has 4 nitrogen and oxygen atoms in total. The number of hydrogen-bond acceptors (Lipinski definition) is 3. The topological polar surface area (TPSA) is 34.0 Å². The molecular formula is C13H15ClN4. The Balaban J connectivity index is 1.78. The third-order valence-corrected chi connectivity index (χ3v) is 3.56. The van der Waals surface area contributed by atoms with Gasteiger partial charge in [0, 0.05) is 31.7 Å². The lowest BCUT2D eigenvalue weighted by atomic mass is 10.1. The van der Waals surface area contributed by atoms with Gasteiger partial charge in [-0.2, -0.15) is 0 Å². The Kier molecular flexibility index (Phi) is 3.19. The Labute approximate surface area is 111 Å². The second-order valence-electron chi connectivity index (χ2n) is 4.56. The zero-order chi connectivity index (χ0) is 12.4. The predicted octanol–water partition coefficient (Wildman–Crippen LogP) is 2.77. The predicted molar refractivity (Wildman–Crippen MR) is 72.0 cm³/mol. The summed E-state index contributed by atoms with van der Waals surface area (Å²) < 4.78 is 2.27. The quantitative estimate of drug-likeness (QED) is 0.781. The molecule has 1 atom stereocenters. The van der Waals surface area contributed by atoms with Crippen molar-refractivity contribution in [1.82, 2.24) is 14.5 Å². The van der Waals surface area contributed by atoms with Crippen LogP contribution in [0.15, 0.2) is 36.8 Å². The van der Waals surface area contributed by atoms with Crippen molar-refractivity contribution in [3.8, 4) is 0 Å². The molecule has 0 amide bonds. The summed E-state index contributed by atoms with van der Waals surface area (Å²) >= 11 is 5.85. The SMILES string of the molecule is Clc1nccc(N2CCCC(n3cccc3)C2)n1. The van der Waals surface area contributed by atoms with Gasteiger partial charge in [-0.15, -0.1) is 0 Å². The molecule has 3 rings (SSSR count). The highest BCUT2D eigenvalue weighted by Crippen LogP contribution is 2.25. The Bertz CT molecular complexity index is 511. The fraction of sp³-hybridized carbons (Fsp3) is 0.385. The van der Waals surface area contributed by atoms with E-state index in [1.807, 2.05) is 6.07 Å². The summed E-state index contributed by atoms with van der Waals surface area (Å²) in [7, 11) is 0. The van der Waals surface area contributed by atoms with Gasteiger partial charge in [-0.1, -0.05) is 0 Å². The van der Waals surface area contributed by atoms with Crippen LogP contribution < -0.4 is 4.90 Å². The molecule has 5 heteroatoms. The third-order valence-electron chi connectivity index (χ3n) is 3.38. The summed E-state index contributed by atoms with van der Waals surface area (Å²) in [5.74, 6) is 0.923. The molecule has 2 aromatic heterocycles. The molecule has 1 aliphatic rings. The summed E-state index contributed by atoms with van der Waals surface area (Å²) in [5, 5.41) is 0.315. The molecule has 0 spiro atoms. The van der Waals surface area contributed by atoms with Gasteiger partial charge in [0.25, 0.3) is 0 Å². The molecule has 94 valence electrons. The van der Waals surface area contributed by atoms with Crippen LogP contribution in [-0.2, 0) is 0 Å². The summed E-state index contributed by atoms with van der Waals surface area (Å²) in [5.41, 5.74) is 0. The second kappa shape index (κ2) is 4.98. The molecule has 0 aliphatic carbocycles. The normalized spacial score (nSPS) is 20.1. The number of nitrogens with zero attached hydrogens (tertiary/aromatic N) is 4. The van der Waals surface area contributed by atoms with E-state index >= 15 is 0 Å². The summed E-state index contributed by atoms with van der Waals surface area (Å²) in [4.78, 5) is 10.5. The smallest absolute Gasteiger partial charge is 0.224 e. The number of halogens is 1. The first-order valence-corrected chi connectivity index (χ1v) is 6.57. The van der Waals surface area contributed by atoms with Gasteiger partial charge in [-0.25, -0.2) is 9.97 Å². The van der Waals surface area contributed by atoms with Crippen LogP contribution in [0.2, 0.25) is 5.28 Å². The summed E-state index contributed by atoms with van der Waals surface area (Å²) in [6, 6.07) is 6.58. The van der Waals surface area contributed by atoms with Crippen LogP contribution in [0.4, 0.5) is 5.82 Å². The third kappa shape index (κ3) is 2.34. The van der Waals surface area contributed by atoms with E-state index in [1.54, 1.807) is 6.20 Å². The van der Waals surface area contributed by atoms with Crippen LogP contribution in [0.5, 0.6) is 0 Å². The zero-order valence-corrected chi connectivity index (χ0v) is 10.8.